The standard InChI is InChI=1S/C37H34FN5O5S2/c1-19(2)25-18-50(45,46)34-31(30(36-42-43-37(44)48-36)27(40-32(25)34)13-9-20-7-10-22(38)11-8-20)29-17-21-15-16-39-35(33(21)49-29)41-26-14-12-24-23(26)5-4-6-28(24)47-3/h4-8,10-11,15-17,19,25-26H,9,12-14,18H2,1-3H3,(H,39,41)(H,43,44)/t25-,26+/m0/s1. The molecule has 2 atom stereocenters. The number of halogens is 1. The Morgan fingerprint density at radius 1 is 1.12 bits per heavy atom. The molecule has 0 fully saturated rings. The first-order valence-electron chi connectivity index (χ1n) is 16.5. The Balaban J connectivity index is 1.31. The van der Waals surface area contributed by atoms with Crippen LogP contribution in [0.4, 0.5) is 10.2 Å². The van der Waals surface area contributed by atoms with Crippen LogP contribution in [0.25, 0.3) is 32.0 Å². The lowest BCUT2D eigenvalue weighted by Crippen LogP contribution is -2.11. The number of hydrogen-bond donors (Lipinski definition) is 2. The van der Waals surface area contributed by atoms with E-state index in [0.717, 1.165) is 34.2 Å². The van der Waals surface area contributed by atoms with Crippen molar-refractivity contribution < 1.29 is 22.0 Å². The fourth-order valence-corrected chi connectivity index (χ4v) is 10.8. The molecule has 10 nitrogen and oxygen atoms in total. The monoisotopic (exact) mass is 711 g/mol. The third kappa shape index (κ3) is 5.58. The van der Waals surface area contributed by atoms with E-state index in [2.05, 4.69) is 21.6 Å². The lowest BCUT2D eigenvalue weighted by molar-refractivity contribution is 0.410. The van der Waals surface area contributed by atoms with E-state index in [1.807, 2.05) is 38.1 Å². The molecular weight excluding hydrogens is 678 g/mol. The van der Waals surface area contributed by atoms with Gasteiger partial charge in [-0.25, -0.2) is 27.7 Å². The summed E-state index contributed by atoms with van der Waals surface area (Å²) in [5.74, 6) is 0.0268. The summed E-state index contributed by atoms with van der Waals surface area (Å²) in [5, 5.41) is 11.1. The number of thiophene rings is 1. The number of ether oxygens (including phenoxy) is 1. The molecule has 2 aliphatic rings. The van der Waals surface area contributed by atoms with E-state index in [1.165, 1.54) is 34.6 Å². The second kappa shape index (κ2) is 12.5. The summed E-state index contributed by atoms with van der Waals surface area (Å²) in [6, 6.07) is 16.2. The van der Waals surface area contributed by atoms with Gasteiger partial charge in [-0.15, -0.1) is 16.4 Å². The number of methoxy groups -OCH3 is 1. The van der Waals surface area contributed by atoms with Crippen molar-refractivity contribution in [2.24, 2.45) is 5.92 Å². The van der Waals surface area contributed by atoms with E-state index in [-0.39, 0.29) is 40.2 Å². The number of nitrogens with zero attached hydrogens (tertiary/aromatic N) is 3. The average molecular weight is 712 g/mol. The van der Waals surface area contributed by atoms with Crippen molar-refractivity contribution in [1.82, 2.24) is 20.2 Å². The molecule has 0 unspecified atom stereocenters. The van der Waals surface area contributed by atoms with Gasteiger partial charge in [-0.2, -0.15) is 0 Å². The van der Waals surface area contributed by atoms with Gasteiger partial charge in [0.05, 0.1) is 45.5 Å². The zero-order chi connectivity index (χ0) is 34.7. The fourth-order valence-electron chi connectivity index (χ4n) is 7.33. The van der Waals surface area contributed by atoms with Gasteiger partial charge in [-0.1, -0.05) is 38.1 Å². The van der Waals surface area contributed by atoms with E-state index in [9.17, 15) is 17.6 Å². The molecule has 13 heteroatoms. The number of hydrogen-bond acceptors (Lipinski definition) is 10. The van der Waals surface area contributed by atoms with E-state index in [4.69, 9.17) is 19.1 Å². The molecule has 2 N–H and O–H groups in total. The highest BCUT2D eigenvalue weighted by Gasteiger charge is 2.43. The molecule has 0 saturated carbocycles. The summed E-state index contributed by atoms with van der Waals surface area (Å²) < 4.78 is 54.0. The normalized spacial score (nSPS) is 17.7. The van der Waals surface area contributed by atoms with Crippen molar-refractivity contribution in [3.05, 3.63) is 105 Å². The highest BCUT2D eigenvalue weighted by atomic mass is 32.2. The summed E-state index contributed by atoms with van der Waals surface area (Å²) in [6.45, 7) is 3.99. The van der Waals surface area contributed by atoms with Gasteiger partial charge in [0.25, 0.3) is 5.89 Å². The number of sulfone groups is 1. The molecular formula is C37H34FN5O5S2. The summed E-state index contributed by atoms with van der Waals surface area (Å²) in [6.07, 6.45) is 4.35. The third-order valence-electron chi connectivity index (χ3n) is 9.77. The summed E-state index contributed by atoms with van der Waals surface area (Å²) in [4.78, 5) is 22.9. The molecule has 1 aliphatic carbocycles. The minimum absolute atomic E-state index is 0.000753. The van der Waals surface area contributed by atoms with Crippen molar-refractivity contribution in [2.75, 3.05) is 18.2 Å². The van der Waals surface area contributed by atoms with Gasteiger partial charge < -0.3 is 14.5 Å². The molecule has 0 spiro atoms. The number of H-pyrrole nitrogens is 1. The number of pyridine rings is 2. The number of fused-ring (bicyclic) bond motifs is 3. The lowest BCUT2D eigenvalue weighted by atomic mass is 9.90. The zero-order valence-corrected chi connectivity index (χ0v) is 29.3. The first kappa shape index (κ1) is 32.3. The molecule has 0 amide bonds. The number of aromatic amines is 1. The van der Waals surface area contributed by atoms with Crippen LogP contribution in [0.3, 0.4) is 0 Å². The zero-order valence-electron chi connectivity index (χ0n) is 27.6. The van der Waals surface area contributed by atoms with Crippen LogP contribution >= 0.6 is 11.3 Å². The number of nitrogens with one attached hydrogen (secondary N) is 2. The molecule has 2 aromatic carbocycles. The van der Waals surface area contributed by atoms with E-state index >= 15 is 0 Å². The first-order chi connectivity index (χ1) is 24.1. The Morgan fingerprint density at radius 2 is 1.94 bits per heavy atom. The van der Waals surface area contributed by atoms with Crippen LogP contribution in [0.1, 0.15) is 60.3 Å². The Bertz CT molecular complexity index is 2440. The Hall–Kier alpha value is -4.88. The molecule has 1 aliphatic heterocycles. The van der Waals surface area contributed by atoms with Crippen molar-refractivity contribution in [1.29, 1.82) is 0 Å². The number of aryl methyl sites for hydroxylation is 2. The third-order valence-corrected chi connectivity index (χ3v) is 12.8. The van der Waals surface area contributed by atoms with Gasteiger partial charge >= 0.3 is 5.76 Å². The van der Waals surface area contributed by atoms with Crippen molar-refractivity contribution in [2.45, 2.75) is 56.4 Å². The highest BCUT2D eigenvalue weighted by Crippen LogP contribution is 2.51. The molecule has 4 aromatic heterocycles. The molecule has 0 saturated heterocycles. The molecule has 50 heavy (non-hydrogen) atoms. The maximum Gasteiger partial charge on any atom is 0.434 e. The number of benzene rings is 2. The van der Waals surface area contributed by atoms with Gasteiger partial charge in [-0.3, -0.25) is 4.98 Å². The quantitative estimate of drug-likeness (QED) is 0.159. The minimum atomic E-state index is -3.80. The van der Waals surface area contributed by atoms with E-state index < -0.39 is 15.6 Å². The van der Waals surface area contributed by atoms with Gasteiger partial charge in [-0.05, 0) is 84.0 Å². The molecule has 6 aromatic rings. The molecule has 5 heterocycles. The van der Waals surface area contributed by atoms with Crippen LogP contribution in [0.5, 0.6) is 5.75 Å². The smallest absolute Gasteiger partial charge is 0.434 e. The van der Waals surface area contributed by atoms with Gasteiger partial charge in [0, 0.05) is 22.6 Å². The maximum atomic E-state index is 14.1. The molecule has 0 bridgehead atoms. The second-order valence-corrected chi connectivity index (χ2v) is 16.2. The maximum absolute atomic E-state index is 14.1. The summed E-state index contributed by atoms with van der Waals surface area (Å²) in [7, 11) is -2.11. The topological polar surface area (TPSA) is 140 Å². The van der Waals surface area contributed by atoms with Gasteiger partial charge in [0.2, 0.25) is 0 Å². The molecule has 256 valence electrons. The molecule has 0 radical (unpaired) electrons. The summed E-state index contributed by atoms with van der Waals surface area (Å²) in [5.41, 5.74) is 5.06. The van der Waals surface area contributed by atoms with Crippen LogP contribution in [-0.2, 0) is 29.1 Å². The van der Waals surface area contributed by atoms with Crippen LogP contribution in [0.2, 0.25) is 0 Å². The second-order valence-electron chi connectivity index (χ2n) is 13.2. The van der Waals surface area contributed by atoms with Crippen LogP contribution in [-0.4, -0.2) is 41.4 Å². The number of aromatic nitrogens is 4. The van der Waals surface area contributed by atoms with Crippen molar-refractivity contribution >= 4 is 37.1 Å². The van der Waals surface area contributed by atoms with E-state index in [1.54, 1.807) is 25.4 Å². The minimum Gasteiger partial charge on any atom is -0.496 e. The SMILES string of the molecule is COc1cccc2c1CC[C@H]2Nc1nccc2cc(-c3c(-c4n[nH]c(=O)o4)c(CCc4ccc(F)cc4)nc4c3S(=O)(=O)C[C@H]4C(C)C)sc12. The Morgan fingerprint density at radius 3 is 2.68 bits per heavy atom. The number of rotatable bonds is 9. The fraction of sp³-hybridized carbons (Fsp3) is 0.297. The van der Waals surface area contributed by atoms with Crippen LogP contribution in [0, 0.1) is 11.7 Å². The largest absolute Gasteiger partial charge is 0.496 e. The van der Waals surface area contributed by atoms with E-state index in [0.29, 0.717) is 46.1 Å². The predicted octanol–water partition coefficient (Wildman–Crippen LogP) is 7.26. The highest BCUT2D eigenvalue weighted by molar-refractivity contribution is 7.92. The van der Waals surface area contributed by atoms with Gasteiger partial charge in [0.1, 0.15) is 17.4 Å². The number of anilines is 1. The summed E-state index contributed by atoms with van der Waals surface area (Å²) >= 11 is 1.42. The Kier molecular flexibility index (Phi) is 8.06. The first-order valence-corrected chi connectivity index (χ1v) is 19.0. The van der Waals surface area contributed by atoms with Crippen molar-refractivity contribution in [3.63, 3.8) is 0 Å². The lowest BCUT2D eigenvalue weighted by Gasteiger charge is -2.18. The predicted molar refractivity (Wildman–Crippen MR) is 190 cm³/mol. The van der Waals surface area contributed by atoms with Gasteiger partial charge in [0.15, 0.2) is 9.84 Å². The molecule has 8 rings (SSSR count). The van der Waals surface area contributed by atoms with Crippen molar-refractivity contribution in [3.8, 4) is 27.6 Å². The Labute approximate surface area is 291 Å². The van der Waals surface area contributed by atoms with Crippen LogP contribution < -0.4 is 15.8 Å². The van der Waals surface area contributed by atoms with Crippen LogP contribution in [0.15, 0.2) is 74.9 Å². The average Bonchev–Trinajstić information content (AvgIpc) is 3.89.